The molecular weight excluding hydrogens is 333 g/mol. The average molecular weight is 351 g/mol. The van der Waals surface area contributed by atoms with Crippen LogP contribution in [0.5, 0.6) is 5.75 Å². The van der Waals surface area contributed by atoms with E-state index in [1.165, 1.54) is 24.5 Å². The minimum atomic E-state index is -0.421. The van der Waals surface area contributed by atoms with Crippen LogP contribution in [0.2, 0.25) is 0 Å². The van der Waals surface area contributed by atoms with Crippen LogP contribution in [-0.2, 0) is 4.79 Å². The van der Waals surface area contributed by atoms with Crippen LogP contribution in [0.15, 0.2) is 77.4 Å². The molecule has 1 N–H and O–H groups in total. The monoisotopic (exact) mass is 351 g/mol. The number of carbonyl (C=O) groups is 1. The highest BCUT2D eigenvalue weighted by Gasteiger charge is 2.16. The molecule has 0 aliphatic carbocycles. The molecule has 1 aromatic heterocycles. The van der Waals surface area contributed by atoms with Crippen molar-refractivity contribution in [1.82, 2.24) is 5.32 Å². The fourth-order valence-electron chi connectivity index (χ4n) is 2.54. The van der Waals surface area contributed by atoms with Gasteiger partial charge in [-0.2, -0.15) is 0 Å². The molecule has 1 heterocycles. The summed E-state index contributed by atoms with van der Waals surface area (Å²) in [7, 11) is 1.59. The van der Waals surface area contributed by atoms with Gasteiger partial charge in [0.15, 0.2) is 0 Å². The summed E-state index contributed by atoms with van der Waals surface area (Å²) in [5.74, 6) is 0.691. The lowest BCUT2D eigenvalue weighted by atomic mass is 9.98. The van der Waals surface area contributed by atoms with Gasteiger partial charge in [-0.1, -0.05) is 24.3 Å². The van der Waals surface area contributed by atoms with Gasteiger partial charge in [0.2, 0.25) is 5.91 Å². The maximum atomic E-state index is 13.3. The van der Waals surface area contributed by atoms with Crippen LogP contribution >= 0.6 is 0 Å². The minimum absolute atomic E-state index is 0.286. The first kappa shape index (κ1) is 17.5. The van der Waals surface area contributed by atoms with Crippen molar-refractivity contribution in [3.63, 3.8) is 0 Å². The van der Waals surface area contributed by atoms with Gasteiger partial charge in [0.25, 0.3) is 0 Å². The van der Waals surface area contributed by atoms with Gasteiger partial charge in [-0.25, -0.2) is 4.39 Å². The van der Waals surface area contributed by atoms with Gasteiger partial charge in [0, 0.05) is 6.08 Å². The third-order valence-corrected chi connectivity index (χ3v) is 3.88. The van der Waals surface area contributed by atoms with Crippen LogP contribution in [-0.4, -0.2) is 13.0 Å². The second-order valence-electron chi connectivity index (χ2n) is 5.62. The number of benzene rings is 2. The molecule has 5 heteroatoms. The molecule has 1 unspecified atom stereocenters. The summed E-state index contributed by atoms with van der Waals surface area (Å²) in [5.41, 5.74) is 1.63. The summed E-state index contributed by atoms with van der Waals surface area (Å²) in [4.78, 5) is 12.3. The molecule has 2 aromatic carbocycles. The Balaban J connectivity index is 1.84. The predicted molar refractivity (Wildman–Crippen MR) is 97.1 cm³/mol. The molecule has 4 nitrogen and oxygen atoms in total. The molecule has 3 aromatic rings. The van der Waals surface area contributed by atoms with Crippen molar-refractivity contribution < 1.29 is 18.3 Å². The Morgan fingerprint density at radius 3 is 2.31 bits per heavy atom. The van der Waals surface area contributed by atoms with E-state index in [2.05, 4.69) is 5.32 Å². The molecule has 0 fully saturated rings. The van der Waals surface area contributed by atoms with Crippen molar-refractivity contribution in [2.24, 2.45) is 0 Å². The van der Waals surface area contributed by atoms with Crippen LogP contribution in [0.3, 0.4) is 0 Å². The minimum Gasteiger partial charge on any atom is -0.497 e. The molecule has 0 aliphatic rings. The van der Waals surface area contributed by atoms with E-state index in [1.54, 1.807) is 37.5 Å². The fraction of sp³-hybridized carbons (Fsp3) is 0.0952. The number of nitrogens with one attached hydrogen (secondary N) is 1. The van der Waals surface area contributed by atoms with Crippen molar-refractivity contribution in [1.29, 1.82) is 0 Å². The van der Waals surface area contributed by atoms with Crippen LogP contribution in [0.4, 0.5) is 4.39 Å². The summed E-state index contributed by atoms with van der Waals surface area (Å²) in [6.45, 7) is 0. The number of hydrogen-bond donors (Lipinski definition) is 1. The molecule has 0 saturated heterocycles. The normalized spacial score (nSPS) is 12.1. The number of methoxy groups -OCH3 is 1. The molecule has 0 radical (unpaired) electrons. The number of furan rings is 1. The number of hydrogen-bond acceptors (Lipinski definition) is 3. The molecule has 3 rings (SSSR count). The van der Waals surface area contributed by atoms with Crippen molar-refractivity contribution in [3.8, 4) is 5.75 Å². The standard InChI is InChI=1S/C21H18FNO3/c1-25-18-10-6-16(7-11-18)21(15-4-8-17(22)9-5-15)23-20(24)13-12-19-3-2-14-26-19/h2-14,21H,1H3,(H,23,24)/b13-12+. The van der Waals surface area contributed by atoms with Crippen molar-refractivity contribution in [3.05, 3.63) is 95.7 Å². The molecule has 1 atom stereocenters. The van der Waals surface area contributed by atoms with E-state index in [1.807, 2.05) is 24.3 Å². The van der Waals surface area contributed by atoms with E-state index in [-0.39, 0.29) is 11.7 Å². The van der Waals surface area contributed by atoms with Crippen LogP contribution in [0.1, 0.15) is 22.9 Å². The molecular formula is C21H18FNO3. The Morgan fingerprint density at radius 2 is 1.73 bits per heavy atom. The van der Waals surface area contributed by atoms with E-state index in [9.17, 15) is 9.18 Å². The Labute approximate surface area is 150 Å². The van der Waals surface area contributed by atoms with Crippen molar-refractivity contribution in [2.75, 3.05) is 7.11 Å². The zero-order valence-corrected chi connectivity index (χ0v) is 14.2. The van der Waals surface area contributed by atoms with Gasteiger partial charge in [-0.05, 0) is 53.6 Å². The second kappa shape index (κ2) is 8.16. The zero-order valence-electron chi connectivity index (χ0n) is 14.2. The maximum Gasteiger partial charge on any atom is 0.244 e. The number of ether oxygens (including phenoxy) is 1. The highest BCUT2D eigenvalue weighted by Crippen LogP contribution is 2.24. The third kappa shape index (κ3) is 4.39. The Hall–Kier alpha value is -3.34. The second-order valence-corrected chi connectivity index (χ2v) is 5.62. The topological polar surface area (TPSA) is 51.5 Å². The number of halogens is 1. The average Bonchev–Trinajstić information content (AvgIpc) is 3.19. The lowest BCUT2D eigenvalue weighted by Gasteiger charge is -2.19. The fourth-order valence-corrected chi connectivity index (χ4v) is 2.54. The highest BCUT2D eigenvalue weighted by molar-refractivity contribution is 5.91. The van der Waals surface area contributed by atoms with Gasteiger partial charge in [-0.3, -0.25) is 4.79 Å². The molecule has 1 amide bonds. The summed E-state index contributed by atoms with van der Waals surface area (Å²) in [6, 6.07) is 16.5. The zero-order chi connectivity index (χ0) is 18.4. The van der Waals surface area contributed by atoms with E-state index in [0.29, 0.717) is 5.76 Å². The summed E-state index contributed by atoms with van der Waals surface area (Å²) >= 11 is 0. The Bertz CT molecular complexity index is 869. The van der Waals surface area contributed by atoms with E-state index in [4.69, 9.17) is 9.15 Å². The molecule has 0 bridgehead atoms. The van der Waals surface area contributed by atoms with Crippen LogP contribution < -0.4 is 10.1 Å². The molecule has 132 valence electrons. The molecule has 0 saturated carbocycles. The first-order valence-corrected chi connectivity index (χ1v) is 8.07. The van der Waals surface area contributed by atoms with E-state index >= 15 is 0 Å². The SMILES string of the molecule is COc1ccc(C(NC(=O)/C=C/c2ccco2)c2ccc(F)cc2)cc1. The largest absolute Gasteiger partial charge is 0.497 e. The predicted octanol–water partition coefficient (Wildman–Crippen LogP) is 4.35. The first-order chi connectivity index (χ1) is 12.7. The summed E-state index contributed by atoms with van der Waals surface area (Å²) < 4.78 is 23.6. The number of rotatable bonds is 6. The van der Waals surface area contributed by atoms with E-state index in [0.717, 1.165) is 16.9 Å². The smallest absolute Gasteiger partial charge is 0.244 e. The lowest BCUT2D eigenvalue weighted by Crippen LogP contribution is -2.27. The highest BCUT2D eigenvalue weighted by atomic mass is 19.1. The first-order valence-electron chi connectivity index (χ1n) is 8.07. The van der Waals surface area contributed by atoms with Gasteiger partial charge >= 0.3 is 0 Å². The number of amides is 1. The Kier molecular flexibility index (Phi) is 5.49. The maximum absolute atomic E-state index is 13.3. The van der Waals surface area contributed by atoms with Gasteiger partial charge in [-0.15, -0.1) is 0 Å². The lowest BCUT2D eigenvalue weighted by molar-refractivity contribution is -0.116. The van der Waals surface area contributed by atoms with Crippen molar-refractivity contribution >= 4 is 12.0 Å². The Morgan fingerprint density at radius 1 is 1.08 bits per heavy atom. The van der Waals surface area contributed by atoms with E-state index < -0.39 is 6.04 Å². The van der Waals surface area contributed by atoms with Crippen molar-refractivity contribution in [2.45, 2.75) is 6.04 Å². The number of carbonyl (C=O) groups excluding carboxylic acids is 1. The molecule has 0 aliphatic heterocycles. The van der Waals surface area contributed by atoms with Gasteiger partial charge < -0.3 is 14.5 Å². The molecule has 0 spiro atoms. The van der Waals surface area contributed by atoms with Crippen LogP contribution in [0, 0.1) is 5.82 Å². The van der Waals surface area contributed by atoms with Gasteiger partial charge in [0.1, 0.15) is 17.3 Å². The summed E-state index contributed by atoms with van der Waals surface area (Å²) in [6.07, 6.45) is 4.53. The summed E-state index contributed by atoms with van der Waals surface area (Å²) in [5, 5.41) is 2.94. The molecule has 26 heavy (non-hydrogen) atoms. The van der Waals surface area contributed by atoms with Crippen LogP contribution in [0.25, 0.3) is 6.08 Å². The third-order valence-electron chi connectivity index (χ3n) is 3.88. The van der Waals surface area contributed by atoms with Gasteiger partial charge in [0.05, 0.1) is 19.4 Å². The quantitative estimate of drug-likeness (QED) is 0.672.